The zero-order valence-corrected chi connectivity index (χ0v) is 10.3. The first-order valence-corrected chi connectivity index (χ1v) is 5.54. The maximum Gasteiger partial charge on any atom is 0.161 e. The summed E-state index contributed by atoms with van der Waals surface area (Å²) in [5.74, 6) is 0. The van der Waals surface area contributed by atoms with E-state index in [2.05, 4.69) is 20.4 Å². The Morgan fingerprint density at radius 3 is 3.00 bits per heavy atom. The molecule has 0 fully saturated rings. The van der Waals surface area contributed by atoms with Gasteiger partial charge in [0.05, 0.1) is 23.9 Å². The first-order chi connectivity index (χ1) is 8.26. The highest BCUT2D eigenvalue weighted by atomic mass is 16.5. The maximum absolute atomic E-state index is 5.16. The van der Waals surface area contributed by atoms with Crippen molar-refractivity contribution in [3.05, 3.63) is 18.2 Å². The summed E-state index contributed by atoms with van der Waals surface area (Å²) in [5.41, 5.74) is 1.86. The van der Waals surface area contributed by atoms with Gasteiger partial charge in [0, 0.05) is 26.6 Å². The Morgan fingerprint density at radius 1 is 1.47 bits per heavy atom. The van der Waals surface area contributed by atoms with Crippen molar-refractivity contribution in [2.45, 2.75) is 12.5 Å². The number of nitrogens with zero attached hydrogens (tertiary/aromatic N) is 4. The molecular formula is C11H17N5O. The van der Waals surface area contributed by atoms with Gasteiger partial charge in [-0.25, -0.2) is 9.97 Å². The van der Waals surface area contributed by atoms with E-state index in [1.165, 1.54) is 0 Å². The average molecular weight is 235 g/mol. The summed E-state index contributed by atoms with van der Waals surface area (Å²) >= 11 is 0. The van der Waals surface area contributed by atoms with Crippen molar-refractivity contribution >= 4 is 11.0 Å². The molecule has 92 valence electrons. The van der Waals surface area contributed by atoms with Gasteiger partial charge in [0.2, 0.25) is 0 Å². The van der Waals surface area contributed by atoms with E-state index in [1.807, 2.05) is 20.3 Å². The monoisotopic (exact) mass is 235 g/mol. The minimum absolute atomic E-state index is 0.248. The minimum atomic E-state index is 0.248. The molecule has 0 spiro atoms. The summed E-state index contributed by atoms with van der Waals surface area (Å²) in [6.45, 7) is 0.655. The highest BCUT2D eigenvalue weighted by molar-refractivity contribution is 5.76. The molecule has 2 aromatic heterocycles. The molecule has 0 radical (unpaired) electrons. The highest BCUT2D eigenvalue weighted by Gasteiger charge is 2.12. The Bertz CT molecular complexity index is 496. The second-order valence-corrected chi connectivity index (χ2v) is 3.97. The lowest BCUT2D eigenvalue weighted by atomic mass is 10.1. The Balaban J connectivity index is 2.29. The van der Waals surface area contributed by atoms with Crippen LogP contribution < -0.4 is 5.32 Å². The number of rotatable bonds is 5. The van der Waals surface area contributed by atoms with Crippen LogP contribution in [-0.4, -0.2) is 46.6 Å². The number of aryl methyl sites for hydroxylation is 1. The molecule has 6 heteroatoms. The summed E-state index contributed by atoms with van der Waals surface area (Å²) in [7, 11) is 5.50. The molecule has 1 N–H and O–H groups in total. The molecule has 1 atom stereocenters. The lowest BCUT2D eigenvalue weighted by Crippen LogP contribution is -2.32. The molecule has 0 aliphatic carbocycles. The number of ether oxygens (including phenoxy) is 1. The summed E-state index contributed by atoms with van der Waals surface area (Å²) in [6, 6.07) is 0.248. The van der Waals surface area contributed by atoms with Crippen LogP contribution in [0.4, 0.5) is 0 Å². The smallest absolute Gasteiger partial charge is 0.161 e. The van der Waals surface area contributed by atoms with Gasteiger partial charge in [0.25, 0.3) is 0 Å². The molecule has 0 amide bonds. The van der Waals surface area contributed by atoms with Crippen molar-refractivity contribution in [3.8, 4) is 0 Å². The van der Waals surface area contributed by atoms with Crippen LogP contribution in [0.5, 0.6) is 0 Å². The van der Waals surface area contributed by atoms with Crippen LogP contribution in [0.25, 0.3) is 11.0 Å². The van der Waals surface area contributed by atoms with Crippen molar-refractivity contribution in [1.82, 2.24) is 25.1 Å². The fraction of sp³-hybridized carbons (Fsp3) is 0.545. The van der Waals surface area contributed by atoms with Gasteiger partial charge in [-0.05, 0) is 7.05 Å². The molecule has 0 saturated carbocycles. The second-order valence-electron chi connectivity index (χ2n) is 3.97. The van der Waals surface area contributed by atoms with E-state index < -0.39 is 0 Å². The van der Waals surface area contributed by atoms with Crippen LogP contribution in [0.15, 0.2) is 12.5 Å². The first kappa shape index (κ1) is 11.9. The largest absolute Gasteiger partial charge is 0.383 e. The predicted octanol–water partition coefficient (Wildman–Crippen LogP) is 0.140. The van der Waals surface area contributed by atoms with Crippen molar-refractivity contribution in [2.75, 3.05) is 20.8 Å². The summed E-state index contributed by atoms with van der Waals surface area (Å²) in [4.78, 5) is 8.55. The van der Waals surface area contributed by atoms with Crippen molar-refractivity contribution in [2.24, 2.45) is 7.05 Å². The molecule has 2 rings (SSSR count). The Morgan fingerprint density at radius 2 is 2.29 bits per heavy atom. The molecule has 6 nitrogen and oxygen atoms in total. The third kappa shape index (κ3) is 2.42. The highest BCUT2D eigenvalue weighted by Crippen LogP contribution is 2.14. The fourth-order valence-corrected chi connectivity index (χ4v) is 1.85. The van der Waals surface area contributed by atoms with Gasteiger partial charge in [-0.3, -0.25) is 4.68 Å². The molecular weight excluding hydrogens is 218 g/mol. The zero-order valence-electron chi connectivity index (χ0n) is 10.3. The Kier molecular flexibility index (Phi) is 3.65. The van der Waals surface area contributed by atoms with Crippen LogP contribution in [0, 0.1) is 0 Å². The van der Waals surface area contributed by atoms with Crippen LogP contribution in [-0.2, 0) is 18.2 Å². The fourth-order valence-electron chi connectivity index (χ4n) is 1.85. The van der Waals surface area contributed by atoms with E-state index in [4.69, 9.17) is 4.74 Å². The number of likely N-dealkylation sites (N-methyl/N-ethyl adjacent to an activating group) is 1. The van der Waals surface area contributed by atoms with Crippen molar-refractivity contribution in [3.63, 3.8) is 0 Å². The standard InChI is InChI=1S/C11H17N5O/c1-12-8(6-17-3)4-10-9-5-15-16(2)11(9)14-7-13-10/h5,7-8,12H,4,6H2,1-3H3. The van der Waals surface area contributed by atoms with Crippen molar-refractivity contribution in [1.29, 1.82) is 0 Å². The van der Waals surface area contributed by atoms with Crippen molar-refractivity contribution < 1.29 is 4.74 Å². The molecule has 1 unspecified atom stereocenters. The number of hydrogen-bond donors (Lipinski definition) is 1. The van der Waals surface area contributed by atoms with E-state index in [0.29, 0.717) is 6.61 Å². The van der Waals surface area contributed by atoms with E-state index >= 15 is 0 Å². The Labute approximate surface area is 100 Å². The maximum atomic E-state index is 5.16. The molecule has 0 aromatic carbocycles. The molecule has 0 bridgehead atoms. The lowest BCUT2D eigenvalue weighted by Gasteiger charge is -2.14. The third-order valence-electron chi connectivity index (χ3n) is 2.83. The van der Waals surface area contributed by atoms with E-state index in [1.54, 1.807) is 18.1 Å². The summed E-state index contributed by atoms with van der Waals surface area (Å²) < 4.78 is 6.91. The summed E-state index contributed by atoms with van der Waals surface area (Å²) in [6.07, 6.45) is 4.19. The first-order valence-electron chi connectivity index (χ1n) is 5.54. The summed E-state index contributed by atoms with van der Waals surface area (Å²) in [5, 5.41) is 8.41. The average Bonchev–Trinajstić information content (AvgIpc) is 2.72. The number of hydrogen-bond acceptors (Lipinski definition) is 5. The van der Waals surface area contributed by atoms with Crippen LogP contribution in [0.2, 0.25) is 0 Å². The second kappa shape index (κ2) is 5.20. The molecule has 2 aromatic rings. The molecule has 0 aliphatic heterocycles. The number of fused-ring (bicyclic) bond motifs is 1. The van der Waals surface area contributed by atoms with Gasteiger partial charge in [-0.1, -0.05) is 0 Å². The SMILES string of the molecule is CNC(COC)Cc1ncnc2c1cnn2C. The van der Waals surface area contributed by atoms with Gasteiger partial charge < -0.3 is 10.1 Å². The lowest BCUT2D eigenvalue weighted by molar-refractivity contribution is 0.169. The van der Waals surface area contributed by atoms with Gasteiger partial charge in [0.15, 0.2) is 5.65 Å². The van der Waals surface area contributed by atoms with E-state index in [0.717, 1.165) is 23.1 Å². The van der Waals surface area contributed by atoms with E-state index in [-0.39, 0.29) is 6.04 Å². The number of aromatic nitrogens is 4. The van der Waals surface area contributed by atoms with Crippen LogP contribution >= 0.6 is 0 Å². The van der Waals surface area contributed by atoms with Gasteiger partial charge in [-0.2, -0.15) is 5.10 Å². The van der Waals surface area contributed by atoms with Crippen LogP contribution in [0.1, 0.15) is 5.69 Å². The minimum Gasteiger partial charge on any atom is -0.383 e. The van der Waals surface area contributed by atoms with Gasteiger partial charge >= 0.3 is 0 Å². The number of methoxy groups -OCH3 is 1. The number of nitrogens with one attached hydrogen (secondary N) is 1. The quantitative estimate of drug-likeness (QED) is 0.798. The van der Waals surface area contributed by atoms with Gasteiger partial charge in [-0.15, -0.1) is 0 Å². The molecule has 2 heterocycles. The molecule has 0 aliphatic rings. The Hall–Kier alpha value is -1.53. The zero-order chi connectivity index (χ0) is 12.3. The third-order valence-corrected chi connectivity index (χ3v) is 2.83. The topological polar surface area (TPSA) is 64.9 Å². The van der Waals surface area contributed by atoms with E-state index in [9.17, 15) is 0 Å². The van der Waals surface area contributed by atoms with Crippen LogP contribution in [0.3, 0.4) is 0 Å². The molecule has 17 heavy (non-hydrogen) atoms. The van der Waals surface area contributed by atoms with Gasteiger partial charge in [0.1, 0.15) is 6.33 Å². The normalized spacial score (nSPS) is 13.1. The molecule has 0 saturated heterocycles. The predicted molar refractivity (Wildman–Crippen MR) is 64.7 cm³/mol.